The maximum absolute atomic E-state index is 12.4. The molecular formula is C14H9Cl2N3O2. The van der Waals surface area contributed by atoms with Crippen LogP contribution < -0.4 is 11.1 Å². The molecule has 106 valence electrons. The summed E-state index contributed by atoms with van der Waals surface area (Å²) >= 11 is 11.8. The first-order valence-electron chi connectivity index (χ1n) is 6.09. The molecule has 0 aliphatic carbocycles. The summed E-state index contributed by atoms with van der Waals surface area (Å²) in [7, 11) is 0. The summed E-state index contributed by atoms with van der Waals surface area (Å²) < 4.78 is 1.18. The van der Waals surface area contributed by atoms with E-state index in [2.05, 4.69) is 10.1 Å². The number of aromatic amines is 1. The first-order chi connectivity index (χ1) is 10.1. The van der Waals surface area contributed by atoms with E-state index >= 15 is 0 Å². The lowest BCUT2D eigenvalue weighted by Gasteiger charge is -2.08. The highest BCUT2D eigenvalue weighted by molar-refractivity contribution is 6.32. The van der Waals surface area contributed by atoms with Crippen molar-refractivity contribution in [2.24, 2.45) is 0 Å². The van der Waals surface area contributed by atoms with Crippen molar-refractivity contribution in [2.45, 2.75) is 6.54 Å². The van der Waals surface area contributed by atoms with E-state index in [4.69, 9.17) is 23.2 Å². The molecule has 1 N–H and O–H groups in total. The molecule has 0 radical (unpaired) electrons. The highest BCUT2D eigenvalue weighted by Crippen LogP contribution is 2.17. The van der Waals surface area contributed by atoms with Crippen molar-refractivity contribution in [1.82, 2.24) is 14.8 Å². The van der Waals surface area contributed by atoms with Crippen LogP contribution in [0.1, 0.15) is 5.69 Å². The Morgan fingerprint density at radius 2 is 1.76 bits per heavy atom. The molecule has 1 aromatic carbocycles. The van der Waals surface area contributed by atoms with Gasteiger partial charge < -0.3 is 0 Å². The zero-order valence-electron chi connectivity index (χ0n) is 10.6. The molecule has 5 nitrogen and oxygen atoms in total. The summed E-state index contributed by atoms with van der Waals surface area (Å²) in [4.78, 5) is 28.4. The number of pyridine rings is 1. The minimum atomic E-state index is -0.344. The van der Waals surface area contributed by atoms with Crippen molar-refractivity contribution >= 4 is 34.0 Å². The summed E-state index contributed by atoms with van der Waals surface area (Å²) in [6, 6.07) is 9.77. The van der Waals surface area contributed by atoms with Crippen LogP contribution in [-0.4, -0.2) is 14.8 Å². The smallest absolute Gasteiger partial charge is 0.267 e. The Hall–Kier alpha value is -2.11. The molecule has 0 unspecified atom stereocenters. The minimum Gasteiger partial charge on any atom is -0.267 e. The third-order valence-electron chi connectivity index (χ3n) is 3.08. The Balaban J connectivity index is 2.18. The third-order valence-corrected chi connectivity index (χ3v) is 3.63. The lowest BCUT2D eigenvalue weighted by Crippen LogP contribution is -2.30. The molecular weight excluding hydrogens is 313 g/mol. The van der Waals surface area contributed by atoms with E-state index in [1.54, 1.807) is 36.4 Å². The number of H-pyrrole nitrogens is 1. The number of halogens is 2. The molecule has 2 aromatic heterocycles. The van der Waals surface area contributed by atoms with Crippen LogP contribution in [0, 0.1) is 0 Å². The lowest BCUT2D eigenvalue weighted by atomic mass is 10.2. The molecule has 0 saturated carbocycles. The van der Waals surface area contributed by atoms with Crippen LogP contribution in [0.15, 0.2) is 46.0 Å². The van der Waals surface area contributed by atoms with Crippen molar-refractivity contribution in [2.75, 3.05) is 0 Å². The minimum absolute atomic E-state index is 0.0400. The second kappa shape index (κ2) is 5.35. The van der Waals surface area contributed by atoms with E-state index in [9.17, 15) is 9.59 Å². The van der Waals surface area contributed by atoms with Crippen LogP contribution in [0.25, 0.3) is 10.8 Å². The fourth-order valence-electron chi connectivity index (χ4n) is 2.08. The fourth-order valence-corrected chi connectivity index (χ4v) is 2.41. The van der Waals surface area contributed by atoms with Gasteiger partial charge in [0.2, 0.25) is 0 Å². The second-order valence-corrected chi connectivity index (χ2v) is 5.23. The highest BCUT2D eigenvalue weighted by atomic mass is 35.5. The quantitative estimate of drug-likeness (QED) is 0.737. The van der Waals surface area contributed by atoms with Crippen molar-refractivity contribution < 1.29 is 0 Å². The van der Waals surface area contributed by atoms with Crippen molar-refractivity contribution in [3.8, 4) is 0 Å². The lowest BCUT2D eigenvalue weighted by molar-refractivity contribution is 0.626. The molecule has 3 rings (SSSR count). The Morgan fingerprint density at radius 3 is 2.52 bits per heavy atom. The van der Waals surface area contributed by atoms with Crippen LogP contribution in [0.3, 0.4) is 0 Å². The van der Waals surface area contributed by atoms with Gasteiger partial charge in [-0.2, -0.15) is 0 Å². The van der Waals surface area contributed by atoms with E-state index in [0.29, 0.717) is 21.5 Å². The van der Waals surface area contributed by atoms with Gasteiger partial charge in [-0.15, -0.1) is 0 Å². The Bertz CT molecular complexity index is 947. The molecule has 21 heavy (non-hydrogen) atoms. The van der Waals surface area contributed by atoms with Crippen LogP contribution in [0.5, 0.6) is 0 Å². The summed E-state index contributed by atoms with van der Waals surface area (Å²) in [6.45, 7) is 0.0400. The van der Waals surface area contributed by atoms with E-state index in [1.165, 1.54) is 4.68 Å². The first kappa shape index (κ1) is 13.9. The standard InChI is InChI=1S/C14H9Cl2N3O2/c15-10-5-6-12(16)17-11(10)7-19-14(21)9-4-2-1-3-8(9)13(20)18-19/h1-6H,7H2,(H,18,20). The van der Waals surface area contributed by atoms with Gasteiger partial charge >= 0.3 is 0 Å². The molecule has 0 atom stereocenters. The fraction of sp³-hybridized carbons (Fsp3) is 0.0714. The van der Waals surface area contributed by atoms with Gasteiger partial charge in [-0.25, -0.2) is 9.67 Å². The van der Waals surface area contributed by atoms with Crippen molar-refractivity contribution in [3.63, 3.8) is 0 Å². The Morgan fingerprint density at radius 1 is 1.05 bits per heavy atom. The average molecular weight is 322 g/mol. The summed E-state index contributed by atoms with van der Waals surface area (Å²) in [5, 5.41) is 3.86. The zero-order valence-corrected chi connectivity index (χ0v) is 12.1. The number of nitrogens with zero attached hydrogens (tertiary/aromatic N) is 2. The number of fused-ring (bicyclic) bond motifs is 1. The molecule has 0 bridgehead atoms. The van der Waals surface area contributed by atoms with Gasteiger partial charge in [-0.3, -0.25) is 14.7 Å². The number of aromatic nitrogens is 3. The number of rotatable bonds is 2. The molecule has 0 aliphatic rings. The van der Waals surface area contributed by atoms with Gasteiger partial charge in [0.05, 0.1) is 28.0 Å². The van der Waals surface area contributed by atoms with Gasteiger partial charge in [0, 0.05) is 0 Å². The number of benzene rings is 1. The van der Waals surface area contributed by atoms with Gasteiger partial charge in [0.1, 0.15) is 5.15 Å². The van der Waals surface area contributed by atoms with Crippen LogP contribution in [0.2, 0.25) is 10.2 Å². The van der Waals surface area contributed by atoms with Gasteiger partial charge in [0.25, 0.3) is 11.1 Å². The maximum Gasteiger partial charge on any atom is 0.273 e. The predicted octanol–water partition coefficient (Wildman–Crippen LogP) is 2.44. The van der Waals surface area contributed by atoms with Gasteiger partial charge in [-0.1, -0.05) is 35.3 Å². The summed E-state index contributed by atoms with van der Waals surface area (Å²) in [6.07, 6.45) is 0. The van der Waals surface area contributed by atoms with Gasteiger partial charge in [0.15, 0.2) is 0 Å². The maximum atomic E-state index is 12.4. The number of hydrogen-bond donors (Lipinski definition) is 1. The molecule has 0 amide bonds. The van der Waals surface area contributed by atoms with Gasteiger partial charge in [-0.05, 0) is 24.3 Å². The molecule has 3 aromatic rings. The average Bonchev–Trinajstić information content (AvgIpc) is 2.48. The molecule has 0 saturated heterocycles. The topological polar surface area (TPSA) is 67.8 Å². The molecule has 0 aliphatic heterocycles. The monoisotopic (exact) mass is 321 g/mol. The Kier molecular flexibility index (Phi) is 3.53. The summed E-state index contributed by atoms with van der Waals surface area (Å²) in [5.41, 5.74) is -0.247. The first-order valence-corrected chi connectivity index (χ1v) is 6.84. The molecule has 2 heterocycles. The largest absolute Gasteiger partial charge is 0.273 e. The SMILES string of the molecule is O=c1[nH]n(Cc2nc(Cl)ccc2Cl)c(=O)c2ccccc12. The van der Waals surface area contributed by atoms with Crippen LogP contribution >= 0.6 is 23.2 Å². The zero-order chi connectivity index (χ0) is 15.0. The molecule has 7 heteroatoms. The normalized spacial score (nSPS) is 11.0. The van der Waals surface area contributed by atoms with Crippen LogP contribution in [-0.2, 0) is 6.54 Å². The van der Waals surface area contributed by atoms with Crippen molar-refractivity contribution in [1.29, 1.82) is 0 Å². The third kappa shape index (κ3) is 2.57. The second-order valence-electron chi connectivity index (χ2n) is 4.44. The van der Waals surface area contributed by atoms with E-state index in [-0.39, 0.29) is 22.8 Å². The Labute approximate surface area is 128 Å². The van der Waals surface area contributed by atoms with E-state index in [1.807, 2.05) is 0 Å². The number of nitrogens with one attached hydrogen (secondary N) is 1. The van der Waals surface area contributed by atoms with E-state index in [0.717, 1.165) is 0 Å². The van der Waals surface area contributed by atoms with Crippen LogP contribution in [0.4, 0.5) is 0 Å². The van der Waals surface area contributed by atoms with Crippen molar-refractivity contribution in [3.05, 3.63) is 73.0 Å². The summed E-state index contributed by atoms with van der Waals surface area (Å²) in [5.74, 6) is 0. The highest BCUT2D eigenvalue weighted by Gasteiger charge is 2.10. The number of hydrogen-bond acceptors (Lipinski definition) is 3. The van der Waals surface area contributed by atoms with E-state index < -0.39 is 0 Å². The molecule has 0 fully saturated rings. The predicted molar refractivity (Wildman–Crippen MR) is 82.2 cm³/mol. The molecule has 0 spiro atoms.